The van der Waals surface area contributed by atoms with Crippen LogP contribution in [-0.4, -0.2) is 30.1 Å². The van der Waals surface area contributed by atoms with Crippen LogP contribution in [0, 0.1) is 24.1 Å². The number of nitrogens with zero attached hydrogens (tertiary/aromatic N) is 3. The number of nitriles is 1. The molecule has 2 heterocycles. The zero-order chi connectivity index (χ0) is 24.8. The molecule has 1 atom stereocenters. The number of rotatable bonds is 3. The number of alkyl halides is 3. The van der Waals surface area contributed by atoms with E-state index in [1.165, 1.54) is 35.1 Å². The van der Waals surface area contributed by atoms with E-state index in [0.717, 1.165) is 18.2 Å². The summed E-state index contributed by atoms with van der Waals surface area (Å²) in [5, 5.41) is 12.8. The Morgan fingerprint density at radius 2 is 1.85 bits per heavy atom. The third kappa shape index (κ3) is 3.83. The van der Waals surface area contributed by atoms with Gasteiger partial charge in [0.05, 0.1) is 35.7 Å². The van der Waals surface area contributed by atoms with E-state index in [4.69, 9.17) is 4.74 Å². The lowest BCUT2D eigenvalue weighted by Crippen LogP contribution is -2.54. The van der Waals surface area contributed by atoms with Crippen LogP contribution in [0.1, 0.15) is 28.4 Å². The standard InChI is InChI=1S/C24H20F4N4O2/c1-14-10-16(25)5-7-18(14)31-13-32(20-8-9-21(34-3)30-23(20,2)12-29)22(33)17-6-4-15(11-19(17)31)24(26,27)28/h4-11,30H,13H2,1-3H3. The summed E-state index contributed by atoms with van der Waals surface area (Å²) in [6, 6.07) is 8.91. The number of nitrogens with one attached hydrogen (secondary N) is 1. The van der Waals surface area contributed by atoms with Crippen LogP contribution in [0.5, 0.6) is 0 Å². The minimum atomic E-state index is -4.62. The largest absolute Gasteiger partial charge is 0.482 e. The molecule has 2 aliphatic rings. The lowest BCUT2D eigenvalue weighted by molar-refractivity contribution is -0.137. The normalized spacial score (nSPS) is 20.1. The summed E-state index contributed by atoms with van der Waals surface area (Å²) >= 11 is 0. The molecule has 0 aromatic heterocycles. The highest BCUT2D eigenvalue weighted by Gasteiger charge is 2.43. The van der Waals surface area contributed by atoms with Gasteiger partial charge in [0.15, 0.2) is 11.4 Å². The average Bonchev–Trinajstić information content (AvgIpc) is 2.79. The lowest BCUT2D eigenvalue weighted by atomic mass is 9.93. The number of carbonyl (C=O) groups is 1. The Morgan fingerprint density at radius 1 is 1.12 bits per heavy atom. The fraction of sp³-hybridized carbons (Fsp3) is 0.250. The van der Waals surface area contributed by atoms with Gasteiger partial charge >= 0.3 is 6.18 Å². The Balaban J connectivity index is 1.91. The number of halogens is 4. The molecule has 0 spiro atoms. The van der Waals surface area contributed by atoms with Gasteiger partial charge in [-0.2, -0.15) is 18.4 Å². The van der Waals surface area contributed by atoms with Crippen molar-refractivity contribution in [3.05, 3.63) is 82.6 Å². The predicted molar refractivity (Wildman–Crippen MR) is 116 cm³/mol. The van der Waals surface area contributed by atoms with Crippen molar-refractivity contribution in [3.8, 4) is 6.07 Å². The number of ether oxygens (including phenoxy) is 1. The smallest absolute Gasteiger partial charge is 0.416 e. The molecule has 6 nitrogen and oxygen atoms in total. The van der Waals surface area contributed by atoms with Crippen molar-refractivity contribution in [2.75, 3.05) is 18.7 Å². The Morgan fingerprint density at radius 3 is 2.47 bits per heavy atom. The molecule has 0 radical (unpaired) electrons. The van der Waals surface area contributed by atoms with E-state index in [0.29, 0.717) is 17.1 Å². The van der Waals surface area contributed by atoms with Gasteiger partial charge in [-0.15, -0.1) is 0 Å². The van der Waals surface area contributed by atoms with E-state index in [1.54, 1.807) is 26.0 Å². The number of carbonyl (C=O) groups excluding carboxylic acids is 1. The van der Waals surface area contributed by atoms with Crippen molar-refractivity contribution in [3.63, 3.8) is 0 Å². The summed E-state index contributed by atoms with van der Waals surface area (Å²) in [6.45, 7) is 3.00. The summed E-state index contributed by atoms with van der Waals surface area (Å²) < 4.78 is 59.3. The number of fused-ring (bicyclic) bond motifs is 1. The van der Waals surface area contributed by atoms with Crippen LogP contribution < -0.4 is 10.2 Å². The quantitative estimate of drug-likeness (QED) is 0.640. The minimum Gasteiger partial charge on any atom is -0.482 e. The molecule has 2 aromatic rings. The molecule has 2 aromatic carbocycles. The topological polar surface area (TPSA) is 68.6 Å². The Hall–Kier alpha value is -4.00. The summed E-state index contributed by atoms with van der Waals surface area (Å²) in [7, 11) is 1.43. The van der Waals surface area contributed by atoms with E-state index in [9.17, 15) is 27.6 Å². The maximum absolute atomic E-state index is 13.8. The highest BCUT2D eigenvalue weighted by Crippen LogP contribution is 2.41. The molecule has 4 rings (SSSR count). The fourth-order valence-corrected chi connectivity index (χ4v) is 4.09. The zero-order valence-corrected chi connectivity index (χ0v) is 18.5. The molecule has 0 saturated carbocycles. The van der Waals surface area contributed by atoms with Gasteiger partial charge < -0.3 is 15.0 Å². The monoisotopic (exact) mass is 472 g/mol. The third-order valence-electron chi connectivity index (χ3n) is 5.84. The first-order valence-corrected chi connectivity index (χ1v) is 10.2. The van der Waals surface area contributed by atoms with Crippen LogP contribution in [0.15, 0.2) is 60.1 Å². The van der Waals surface area contributed by atoms with Crippen molar-refractivity contribution in [1.82, 2.24) is 10.2 Å². The third-order valence-corrected chi connectivity index (χ3v) is 5.84. The highest BCUT2D eigenvalue weighted by atomic mass is 19.4. The second-order valence-corrected chi connectivity index (χ2v) is 8.11. The van der Waals surface area contributed by atoms with E-state index >= 15 is 0 Å². The van der Waals surface area contributed by atoms with E-state index < -0.39 is 29.0 Å². The van der Waals surface area contributed by atoms with E-state index in [2.05, 4.69) is 11.4 Å². The Kier molecular flexibility index (Phi) is 5.52. The van der Waals surface area contributed by atoms with Crippen LogP contribution in [0.25, 0.3) is 0 Å². The highest BCUT2D eigenvalue weighted by molar-refractivity contribution is 6.04. The number of methoxy groups -OCH3 is 1. The molecule has 10 heteroatoms. The van der Waals surface area contributed by atoms with Crippen molar-refractivity contribution < 1.29 is 27.1 Å². The fourth-order valence-electron chi connectivity index (χ4n) is 4.09. The summed E-state index contributed by atoms with van der Waals surface area (Å²) in [5.74, 6) is -0.744. The molecule has 2 aliphatic heterocycles. The molecule has 0 bridgehead atoms. The molecule has 0 fully saturated rings. The minimum absolute atomic E-state index is 0.0192. The summed E-state index contributed by atoms with van der Waals surface area (Å²) in [6.07, 6.45) is -1.51. The molecule has 1 amide bonds. The van der Waals surface area contributed by atoms with Gasteiger partial charge in [0.1, 0.15) is 12.5 Å². The predicted octanol–water partition coefficient (Wildman–Crippen LogP) is 4.96. The van der Waals surface area contributed by atoms with Crippen molar-refractivity contribution in [2.24, 2.45) is 0 Å². The first-order chi connectivity index (χ1) is 16.0. The van der Waals surface area contributed by atoms with Crippen molar-refractivity contribution in [1.29, 1.82) is 5.26 Å². The number of aryl methyl sites for hydroxylation is 1. The maximum atomic E-state index is 13.8. The molecular formula is C24H20F4N4O2. The van der Waals surface area contributed by atoms with Crippen LogP contribution in [0.2, 0.25) is 0 Å². The summed E-state index contributed by atoms with van der Waals surface area (Å²) in [4.78, 5) is 16.3. The molecular weight excluding hydrogens is 452 g/mol. The van der Waals surface area contributed by atoms with Gasteiger partial charge in [-0.3, -0.25) is 9.69 Å². The molecule has 34 heavy (non-hydrogen) atoms. The Bertz CT molecular complexity index is 1280. The van der Waals surface area contributed by atoms with Gasteiger partial charge in [0, 0.05) is 5.69 Å². The van der Waals surface area contributed by atoms with Crippen LogP contribution in [-0.2, 0) is 10.9 Å². The lowest BCUT2D eigenvalue weighted by Gasteiger charge is -2.43. The van der Waals surface area contributed by atoms with Crippen molar-refractivity contribution in [2.45, 2.75) is 25.6 Å². The molecule has 1 N–H and O–H groups in total. The SMILES string of the molecule is COC1=CC=C(N2CN(c3ccc(F)cc3C)c3cc(C(F)(F)F)ccc3C2=O)C(C)(C#N)N1. The molecule has 176 valence electrons. The Labute approximate surface area is 193 Å². The molecule has 1 unspecified atom stereocenters. The second-order valence-electron chi connectivity index (χ2n) is 8.11. The molecule has 0 saturated heterocycles. The second kappa shape index (κ2) is 8.09. The first-order valence-electron chi connectivity index (χ1n) is 10.2. The number of anilines is 2. The van der Waals surface area contributed by atoms with Crippen molar-refractivity contribution >= 4 is 17.3 Å². The van der Waals surface area contributed by atoms with Gasteiger partial charge in [-0.25, -0.2) is 4.39 Å². The van der Waals surface area contributed by atoms with Gasteiger partial charge in [-0.05, 0) is 68.0 Å². The molecule has 0 aliphatic carbocycles. The van der Waals surface area contributed by atoms with E-state index in [1.807, 2.05) is 0 Å². The van der Waals surface area contributed by atoms with E-state index in [-0.39, 0.29) is 23.6 Å². The average molecular weight is 472 g/mol. The summed E-state index contributed by atoms with van der Waals surface area (Å²) in [5.41, 5.74) is -1.02. The number of dihydropyridines is 1. The number of amides is 1. The van der Waals surface area contributed by atoms with Crippen LogP contribution >= 0.6 is 0 Å². The van der Waals surface area contributed by atoms with Crippen LogP contribution in [0.4, 0.5) is 28.9 Å². The van der Waals surface area contributed by atoms with Gasteiger partial charge in [0.2, 0.25) is 0 Å². The van der Waals surface area contributed by atoms with Crippen LogP contribution in [0.3, 0.4) is 0 Å². The van der Waals surface area contributed by atoms with Gasteiger partial charge in [0.25, 0.3) is 5.91 Å². The number of hydrogen-bond donors (Lipinski definition) is 1. The maximum Gasteiger partial charge on any atom is 0.416 e. The van der Waals surface area contributed by atoms with Gasteiger partial charge in [-0.1, -0.05) is 0 Å². The number of benzene rings is 2. The zero-order valence-electron chi connectivity index (χ0n) is 18.5. The first kappa shape index (κ1) is 23.2. The number of allylic oxidation sites excluding steroid dienone is 2. The number of hydrogen-bond acceptors (Lipinski definition) is 5.